The molecule has 1 amide bonds. The van der Waals surface area contributed by atoms with Gasteiger partial charge in [0.05, 0.1) is 21.8 Å². The number of sulfone groups is 1. The van der Waals surface area contributed by atoms with Crippen molar-refractivity contribution in [3.8, 4) is 11.6 Å². The molecule has 1 aromatic heterocycles. The average Bonchev–Trinajstić information content (AvgIpc) is 2.65. The molecule has 29 heavy (non-hydrogen) atoms. The molecule has 0 unspecified atom stereocenters. The molecule has 0 saturated carbocycles. The molecule has 3 rings (SSSR count). The lowest BCUT2D eigenvalue weighted by molar-refractivity contribution is 0.102. The van der Waals surface area contributed by atoms with E-state index >= 15 is 0 Å². The van der Waals surface area contributed by atoms with Crippen molar-refractivity contribution in [3.05, 3.63) is 76.4 Å². The number of nitrogens with one attached hydrogen (secondary N) is 1. The number of ether oxygens (including phenoxy) is 1. The summed E-state index contributed by atoms with van der Waals surface area (Å²) in [5.41, 5.74) is 2.90. The molecule has 0 spiro atoms. The van der Waals surface area contributed by atoms with Crippen LogP contribution >= 0.6 is 11.6 Å². The van der Waals surface area contributed by atoms with Gasteiger partial charge < -0.3 is 10.1 Å². The van der Waals surface area contributed by atoms with Gasteiger partial charge in [-0.15, -0.1) is 0 Å². The molecule has 1 N–H and O–H groups in total. The first kappa shape index (κ1) is 20.8. The van der Waals surface area contributed by atoms with E-state index in [1.165, 1.54) is 30.0 Å². The number of aromatic nitrogens is 1. The Morgan fingerprint density at radius 1 is 1.03 bits per heavy atom. The number of hydrogen-bond donors (Lipinski definition) is 1. The molecule has 2 aromatic carbocycles. The number of carbonyl (C=O) groups is 1. The molecule has 0 aliphatic rings. The Morgan fingerprint density at radius 2 is 1.79 bits per heavy atom. The van der Waals surface area contributed by atoms with Gasteiger partial charge in [0, 0.05) is 17.9 Å². The van der Waals surface area contributed by atoms with E-state index < -0.39 is 15.7 Å². The number of halogens is 1. The third-order valence-corrected chi connectivity index (χ3v) is 5.87. The lowest BCUT2D eigenvalue weighted by Gasteiger charge is -2.09. The molecule has 0 radical (unpaired) electrons. The predicted molar refractivity (Wildman–Crippen MR) is 113 cm³/mol. The van der Waals surface area contributed by atoms with E-state index in [0.29, 0.717) is 17.3 Å². The van der Waals surface area contributed by atoms with Crippen LogP contribution in [0.1, 0.15) is 21.5 Å². The maximum absolute atomic E-state index is 12.4. The zero-order valence-electron chi connectivity index (χ0n) is 16.1. The minimum Gasteiger partial charge on any atom is -0.439 e. The van der Waals surface area contributed by atoms with Crippen molar-refractivity contribution in [2.75, 3.05) is 11.6 Å². The second-order valence-corrected chi connectivity index (χ2v) is 9.00. The topological polar surface area (TPSA) is 85.4 Å². The second kappa shape index (κ2) is 8.23. The van der Waals surface area contributed by atoms with Crippen LogP contribution in [0.25, 0.3) is 0 Å². The number of hydrogen-bond acceptors (Lipinski definition) is 5. The Labute approximate surface area is 174 Å². The number of carbonyl (C=O) groups excluding carboxylic acids is 1. The van der Waals surface area contributed by atoms with Gasteiger partial charge in [-0.1, -0.05) is 17.7 Å². The highest BCUT2D eigenvalue weighted by molar-refractivity contribution is 7.90. The Morgan fingerprint density at radius 3 is 2.41 bits per heavy atom. The van der Waals surface area contributed by atoms with Crippen LogP contribution in [0.5, 0.6) is 11.6 Å². The van der Waals surface area contributed by atoms with Crippen LogP contribution in [0.15, 0.2) is 59.6 Å². The molecule has 8 heteroatoms. The van der Waals surface area contributed by atoms with E-state index in [-0.39, 0.29) is 15.5 Å². The zero-order chi connectivity index (χ0) is 21.2. The van der Waals surface area contributed by atoms with Gasteiger partial charge in [-0.05, 0) is 61.4 Å². The number of pyridine rings is 1. The van der Waals surface area contributed by atoms with Gasteiger partial charge in [0.1, 0.15) is 5.75 Å². The fourth-order valence-corrected chi connectivity index (χ4v) is 3.85. The highest BCUT2D eigenvalue weighted by atomic mass is 35.5. The van der Waals surface area contributed by atoms with Crippen LogP contribution in [0, 0.1) is 13.8 Å². The van der Waals surface area contributed by atoms with Crippen molar-refractivity contribution < 1.29 is 17.9 Å². The molecule has 3 aromatic rings. The van der Waals surface area contributed by atoms with Gasteiger partial charge in [-0.3, -0.25) is 4.79 Å². The van der Waals surface area contributed by atoms with Crippen LogP contribution < -0.4 is 10.1 Å². The molecule has 1 heterocycles. The fraction of sp³-hybridized carbons (Fsp3) is 0.143. The third kappa shape index (κ3) is 5.13. The summed E-state index contributed by atoms with van der Waals surface area (Å²) in [6, 6.07) is 13.1. The summed E-state index contributed by atoms with van der Waals surface area (Å²) in [6.07, 6.45) is 2.50. The molecular weight excluding hydrogens is 412 g/mol. The van der Waals surface area contributed by atoms with E-state index in [2.05, 4.69) is 10.3 Å². The highest BCUT2D eigenvalue weighted by Gasteiger charge is 2.16. The number of rotatable bonds is 5. The molecule has 0 fully saturated rings. The van der Waals surface area contributed by atoms with E-state index in [4.69, 9.17) is 16.3 Å². The molecule has 0 bridgehead atoms. The van der Waals surface area contributed by atoms with Crippen LogP contribution in [0.4, 0.5) is 5.69 Å². The average molecular weight is 431 g/mol. The number of nitrogens with zero attached hydrogens (tertiary/aromatic N) is 1. The first-order chi connectivity index (χ1) is 13.6. The van der Waals surface area contributed by atoms with Gasteiger partial charge in [0.25, 0.3) is 5.91 Å². The maximum atomic E-state index is 12.4. The molecule has 0 saturated heterocycles. The van der Waals surface area contributed by atoms with Crippen molar-refractivity contribution in [1.82, 2.24) is 4.98 Å². The van der Waals surface area contributed by atoms with E-state index in [1.54, 1.807) is 12.1 Å². The van der Waals surface area contributed by atoms with Crippen LogP contribution in [-0.4, -0.2) is 25.6 Å². The van der Waals surface area contributed by atoms with Crippen LogP contribution in [-0.2, 0) is 9.84 Å². The summed E-state index contributed by atoms with van der Waals surface area (Å²) >= 11 is 5.91. The van der Waals surface area contributed by atoms with Crippen molar-refractivity contribution in [1.29, 1.82) is 0 Å². The van der Waals surface area contributed by atoms with E-state index in [0.717, 1.165) is 11.8 Å². The normalized spacial score (nSPS) is 11.2. The van der Waals surface area contributed by atoms with Gasteiger partial charge in [0.2, 0.25) is 5.88 Å². The van der Waals surface area contributed by atoms with Crippen LogP contribution in [0.3, 0.4) is 0 Å². The van der Waals surface area contributed by atoms with Crippen molar-refractivity contribution >= 4 is 33.0 Å². The monoisotopic (exact) mass is 430 g/mol. The Balaban J connectivity index is 1.72. The summed E-state index contributed by atoms with van der Waals surface area (Å²) in [6.45, 7) is 4.02. The zero-order valence-corrected chi connectivity index (χ0v) is 17.6. The summed E-state index contributed by atoms with van der Waals surface area (Å²) in [5.74, 6) is 0.583. The van der Waals surface area contributed by atoms with Gasteiger partial charge in [-0.25, -0.2) is 13.4 Å². The Hall–Kier alpha value is -2.90. The number of benzene rings is 2. The van der Waals surface area contributed by atoms with Crippen LogP contribution in [0.2, 0.25) is 5.02 Å². The SMILES string of the molecule is Cc1ccc(Oc2ccc(NC(=O)c3ccc(Cl)c(S(C)(=O)=O)c3)cn2)cc1C. The van der Waals surface area contributed by atoms with Crippen molar-refractivity contribution in [2.45, 2.75) is 18.7 Å². The lowest BCUT2D eigenvalue weighted by Crippen LogP contribution is -2.13. The molecule has 0 aliphatic carbocycles. The summed E-state index contributed by atoms with van der Waals surface area (Å²) in [7, 11) is -3.54. The van der Waals surface area contributed by atoms with Gasteiger partial charge >= 0.3 is 0 Å². The molecule has 6 nitrogen and oxygen atoms in total. The minimum atomic E-state index is -3.54. The Bertz CT molecular complexity index is 1180. The van der Waals surface area contributed by atoms with Crippen molar-refractivity contribution in [3.63, 3.8) is 0 Å². The summed E-state index contributed by atoms with van der Waals surface area (Å²) in [4.78, 5) is 16.5. The largest absolute Gasteiger partial charge is 0.439 e. The van der Waals surface area contributed by atoms with Gasteiger partial charge in [-0.2, -0.15) is 0 Å². The standard InChI is InChI=1S/C21H19ClN2O4S/c1-13-4-7-17(10-14(13)2)28-20-9-6-16(12-23-20)24-21(25)15-5-8-18(22)19(11-15)29(3,26)27/h4-12H,1-3H3,(H,24,25). The molecule has 150 valence electrons. The lowest BCUT2D eigenvalue weighted by atomic mass is 10.1. The molecule has 0 atom stereocenters. The first-order valence-corrected chi connectivity index (χ1v) is 10.9. The quantitative estimate of drug-likeness (QED) is 0.628. The summed E-state index contributed by atoms with van der Waals surface area (Å²) < 4.78 is 29.3. The first-order valence-electron chi connectivity index (χ1n) is 8.65. The second-order valence-electron chi connectivity index (χ2n) is 6.60. The number of aryl methyl sites for hydroxylation is 2. The smallest absolute Gasteiger partial charge is 0.255 e. The van der Waals surface area contributed by atoms with E-state index in [1.807, 2.05) is 32.0 Å². The fourth-order valence-electron chi connectivity index (χ4n) is 2.54. The number of anilines is 1. The molecular formula is C21H19ClN2O4S. The number of amides is 1. The third-order valence-electron chi connectivity index (χ3n) is 4.29. The molecule has 0 aliphatic heterocycles. The summed E-state index contributed by atoms with van der Waals surface area (Å²) in [5, 5.41) is 2.74. The van der Waals surface area contributed by atoms with Crippen molar-refractivity contribution in [2.24, 2.45) is 0 Å². The highest BCUT2D eigenvalue weighted by Crippen LogP contribution is 2.25. The predicted octanol–water partition coefficient (Wildman–Crippen LogP) is 4.80. The Kier molecular flexibility index (Phi) is 5.91. The van der Waals surface area contributed by atoms with E-state index in [9.17, 15) is 13.2 Å². The van der Waals surface area contributed by atoms with Gasteiger partial charge in [0.15, 0.2) is 9.84 Å². The maximum Gasteiger partial charge on any atom is 0.255 e. The minimum absolute atomic E-state index is 0.0681.